The fraction of sp³-hybridized carbons (Fsp3) is 0.600. The highest BCUT2D eigenvalue weighted by Gasteiger charge is 2.28. The van der Waals surface area contributed by atoms with Crippen LogP contribution in [-0.4, -0.2) is 19.3 Å². The molecule has 0 amide bonds. The topological polar surface area (TPSA) is 21.3 Å². The standard InChI is InChI=1S/C15H20FNO/c1-10-11(7-8-18-10)9-17-15-6-5-12-13(15)3-2-4-14(12)16/h2-4,10-11,15,17H,5-9H2,1H3. The highest BCUT2D eigenvalue weighted by atomic mass is 19.1. The van der Waals surface area contributed by atoms with E-state index in [1.807, 2.05) is 6.07 Å². The van der Waals surface area contributed by atoms with Crippen molar-refractivity contribution in [1.82, 2.24) is 5.32 Å². The first-order valence-corrected chi connectivity index (χ1v) is 6.88. The third-order valence-electron chi connectivity index (χ3n) is 4.37. The maximum atomic E-state index is 13.6. The maximum Gasteiger partial charge on any atom is 0.126 e. The zero-order valence-corrected chi connectivity index (χ0v) is 10.8. The van der Waals surface area contributed by atoms with E-state index in [0.717, 1.165) is 43.5 Å². The van der Waals surface area contributed by atoms with Gasteiger partial charge in [-0.15, -0.1) is 0 Å². The van der Waals surface area contributed by atoms with Gasteiger partial charge in [0.05, 0.1) is 6.10 Å². The first kappa shape index (κ1) is 12.1. The fourth-order valence-corrected chi connectivity index (χ4v) is 3.16. The van der Waals surface area contributed by atoms with Gasteiger partial charge in [0.25, 0.3) is 0 Å². The van der Waals surface area contributed by atoms with E-state index < -0.39 is 0 Å². The number of halogens is 1. The molecule has 0 aromatic heterocycles. The Bertz CT molecular complexity index is 435. The molecule has 1 aromatic rings. The van der Waals surface area contributed by atoms with E-state index in [1.54, 1.807) is 6.07 Å². The number of hydrogen-bond acceptors (Lipinski definition) is 2. The normalized spacial score (nSPS) is 30.7. The van der Waals surface area contributed by atoms with Crippen molar-refractivity contribution < 1.29 is 9.13 Å². The number of nitrogens with one attached hydrogen (secondary N) is 1. The molecule has 0 radical (unpaired) electrons. The van der Waals surface area contributed by atoms with Crippen molar-refractivity contribution in [3.8, 4) is 0 Å². The van der Waals surface area contributed by atoms with E-state index >= 15 is 0 Å². The van der Waals surface area contributed by atoms with Crippen molar-refractivity contribution in [2.75, 3.05) is 13.2 Å². The quantitative estimate of drug-likeness (QED) is 0.889. The van der Waals surface area contributed by atoms with Crippen LogP contribution in [0.4, 0.5) is 4.39 Å². The molecule has 3 rings (SSSR count). The van der Waals surface area contributed by atoms with Crippen LogP contribution in [0.1, 0.15) is 36.9 Å². The van der Waals surface area contributed by atoms with Gasteiger partial charge in [-0.1, -0.05) is 12.1 Å². The van der Waals surface area contributed by atoms with Crippen LogP contribution in [0.25, 0.3) is 0 Å². The summed E-state index contributed by atoms with van der Waals surface area (Å²) in [6.07, 6.45) is 3.36. The van der Waals surface area contributed by atoms with Gasteiger partial charge in [0.2, 0.25) is 0 Å². The summed E-state index contributed by atoms with van der Waals surface area (Å²) >= 11 is 0. The van der Waals surface area contributed by atoms with Crippen molar-refractivity contribution >= 4 is 0 Å². The Hall–Kier alpha value is -0.930. The van der Waals surface area contributed by atoms with E-state index in [1.165, 1.54) is 0 Å². The number of benzene rings is 1. The molecule has 0 saturated carbocycles. The van der Waals surface area contributed by atoms with Gasteiger partial charge in [0, 0.05) is 19.2 Å². The van der Waals surface area contributed by atoms with Gasteiger partial charge in [0.15, 0.2) is 0 Å². The summed E-state index contributed by atoms with van der Waals surface area (Å²) < 4.78 is 19.2. The molecule has 1 fully saturated rings. The zero-order valence-electron chi connectivity index (χ0n) is 10.8. The predicted octanol–water partition coefficient (Wildman–Crippen LogP) is 2.83. The highest BCUT2D eigenvalue weighted by Crippen LogP contribution is 2.33. The summed E-state index contributed by atoms with van der Waals surface area (Å²) in [6.45, 7) is 3.99. The second kappa shape index (κ2) is 4.98. The number of fused-ring (bicyclic) bond motifs is 1. The lowest BCUT2D eigenvalue weighted by Gasteiger charge is -2.19. The Morgan fingerprint density at radius 2 is 2.28 bits per heavy atom. The van der Waals surface area contributed by atoms with Gasteiger partial charge in [0.1, 0.15) is 5.82 Å². The first-order valence-electron chi connectivity index (χ1n) is 6.88. The van der Waals surface area contributed by atoms with E-state index in [0.29, 0.717) is 18.1 Å². The average Bonchev–Trinajstić information content (AvgIpc) is 2.94. The summed E-state index contributed by atoms with van der Waals surface area (Å²) in [6, 6.07) is 5.75. The third-order valence-corrected chi connectivity index (χ3v) is 4.37. The summed E-state index contributed by atoms with van der Waals surface area (Å²) in [5.41, 5.74) is 2.06. The van der Waals surface area contributed by atoms with Crippen molar-refractivity contribution in [3.63, 3.8) is 0 Å². The van der Waals surface area contributed by atoms with Gasteiger partial charge < -0.3 is 10.1 Å². The van der Waals surface area contributed by atoms with Gasteiger partial charge in [-0.25, -0.2) is 4.39 Å². The average molecular weight is 249 g/mol. The Morgan fingerprint density at radius 3 is 3.06 bits per heavy atom. The number of rotatable bonds is 3. The molecule has 1 aliphatic heterocycles. The minimum atomic E-state index is -0.0469. The lowest BCUT2D eigenvalue weighted by atomic mass is 10.0. The number of ether oxygens (including phenoxy) is 1. The molecule has 2 nitrogen and oxygen atoms in total. The number of hydrogen-bond donors (Lipinski definition) is 1. The molecular formula is C15H20FNO. The molecule has 1 heterocycles. The summed E-state index contributed by atoms with van der Waals surface area (Å²) in [7, 11) is 0. The van der Waals surface area contributed by atoms with Gasteiger partial charge >= 0.3 is 0 Å². The molecule has 1 aliphatic carbocycles. The Kier molecular flexibility index (Phi) is 3.35. The Balaban J connectivity index is 1.64. The van der Waals surface area contributed by atoms with Gasteiger partial charge in [-0.05, 0) is 49.3 Å². The Labute approximate surface area is 108 Å². The second-order valence-electron chi connectivity index (χ2n) is 5.43. The molecule has 1 aromatic carbocycles. The minimum Gasteiger partial charge on any atom is -0.378 e. The van der Waals surface area contributed by atoms with Crippen LogP contribution < -0.4 is 5.32 Å². The van der Waals surface area contributed by atoms with Gasteiger partial charge in [-0.3, -0.25) is 0 Å². The van der Waals surface area contributed by atoms with E-state index in [2.05, 4.69) is 18.3 Å². The van der Waals surface area contributed by atoms with Crippen molar-refractivity contribution in [2.45, 2.75) is 38.3 Å². The zero-order chi connectivity index (χ0) is 12.5. The first-order chi connectivity index (χ1) is 8.75. The van der Waals surface area contributed by atoms with E-state index in [9.17, 15) is 4.39 Å². The van der Waals surface area contributed by atoms with Crippen LogP contribution in [0.2, 0.25) is 0 Å². The molecule has 18 heavy (non-hydrogen) atoms. The van der Waals surface area contributed by atoms with Crippen molar-refractivity contribution in [2.24, 2.45) is 5.92 Å². The molecule has 98 valence electrons. The molecule has 2 aliphatic rings. The molecular weight excluding hydrogens is 229 g/mol. The SMILES string of the molecule is CC1OCCC1CNC1CCc2c(F)cccc21. The van der Waals surface area contributed by atoms with Crippen molar-refractivity contribution in [1.29, 1.82) is 0 Å². The van der Waals surface area contributed by atoms with Crippen LogP contribution in [0.3, 0.4) is 0 Å². The maximum absolute atomic E-state index is 13.6. The molecule has 3 unspecified atom stereocenters. The molecule has 0 spiro atoms. The smallest absolute Gasteiger partial charge is 0.126 e. The van der Waals surface area contributed by atoms with E-state index in [-0.39, 0.29) is 5.82 Å². The lowest BCUT2D eigenvalue weighted by molar-refractivity contribution is 0.105. The molecule has 1 N–H and O–H groups in total. The van der Waals surface area contributed by atoms with Crippen molar-refractivity contribution in [3.05, 3.63) is 35.1 Å². The largest absolute Gasteiger partial charge is 0.378 e. The third kappa shape index (κ3) is 2.17. The second-order valence-corrected chi connectivity index (χ2v) is 5.43. The minimum absolute atomic E-state index is 0.0469. The highest BCUT2D eigenvalue weighted by molar-refractivity contribution is 5.35. The molecule has 3 atom stereocenters. The van der Waals surface area contributed by atoms with Crippen LogP contribution >= 0.6 is 0 Å². The summed E-state index contributed by atoms with van der Waals surface area (Å²) in [4.78, 5) is 0. The van der Waals surface area contributed by atoms with Crippen LogP contribution in [0.15, 0.2) is 18.2 Å². The van der Waals surface area contributed by atoms with E-state index in [4.69, 9.17) is 4.74 Å². The van der Waals surface area contributed by atoms with Crippen LogP contribution in [0.5, 0.6) is 0 Å². The Morgan fingerprint density at radius 1 is 1.39 bits per heavy atom. The molecule has 3 heteroatoms. The van der Waals surface area contributed by atoms with Crippen LogP contribution in [0, 0.1) is 11.7 Å². The molecule has 1 saturated heterocycles. The fourth-order valence-electron chi connectivity index (χ4n) is 3.16. The summed E-state index contributed by atoms with van der Waals surface area (Å²) in [5, 5.41) is 3.59. The lowest BCUT2D eigenvalue weighted by Crippen LogP contribution is -2.29. The monoisotopic (exact) mass is 249 g/mol. The summed E-state index contributed by atoms with van der Waals surface area (Å²) in [5.74, 6) is 0.553. The predicted molar refractivity (Wildman–Crippen MR) is 69.0 cm³/mol. The molecule has 0 bridgehead atoms. The van der Waals surface area contributed by atoms with Gasteiger partial charge in [-0.2, -0.15) is 0 Å². The van der Waals surface area contributed by atoms with Crippen LogP contribution in [-0.2, 0) is 11.2 Å².